The summed E-state index contributed by atoms with van der Waals surface area (Å²) >= 11 is 0. The maximum absolute atomic E-state index is 12.7. The van der Waals surface area contributed by atoms with Crippen LogP contribution in [0.3, 0.4) is 0 Å². The number of rotatable bonds is 5. The molecule has 3 aromatic rings. The molecule has 1 N–H and O–H groups in total. The molecule has 2 aromatic carbocycles. The van der Waals surface area contributed by atoms with E-state index in [4.69, 9.17) is 0 Å². The number of aryl methyl sites for hydroxylation is 1. The van der Waals surface area contributed by atoms with Crippen molar-refractivity contribution in [3.05, 3.63) is 76.1 Å². The number of nitrogens with one attached hydrogen (secondary N) is 1. The van der Waals surface area contributed by atoms with Gasteiger partial charge in [0.2, 0.25) is 5.91 Å². The van der Waals surface area contributed by atoms with E-state index in [1.165, 1.54) is 21.1 Å². The summed E-state index contributed by atoms with van der Waals surface area (Å²) < 4.78 is 1.39. The first kappa shape index (κ1) is 19.4. The molecule has 0 aliphatic rings. The number of carbonyl (C=O) groups excluding carboxylic acids is 2. The summed E-state index contributed by atoms with van der Waals surface area (Å²) in [5.74, 6) is -0.552. The van der Waals surface area contributed by atoms with Crippen molar-refractivity contribution in [2.24, 2.45) is 0 Å². The molecule has 6 heteroatoms. The lowest BCUT2D eigenvalue weighted by molar-refractivity contribution is -0.116. The van der Waals surface area contributed by atoms with Crippen LogP contribution in [-0.4, -0.2) is 35.4 Å². The summed E-state index contributed by atoms with van der Waals surface area (Å²) in [5.41, 5.74) is 2.36. The second-order valence-corrected chi connectivity index (χ2v) is 6.80. The van der Waals surface area contributed by atoms with Crippen molar-refractivity contribution >= 4 is 28.4 Å². The smallest absolute Gasteiger partial charge is 0.254 e. The number of fused-ring (bicyclic) bond motifs is 1. The molecule has 2 amide bonds. The number of carbonyl (C=O) groups is 2. The van der Waals surface area contributed by atoms with Gasteiger partial charge >= 0.3 is 0 Å². The number of para-hydroxylation sites is 1. The van der Waals surface area contributed by atoms with Gasteiger partial charge in [-0.05, 0) is 30.2 Å². The van der Waals surface area contributed by atoms with Gasteiger partial charge in [-0.1, -0.05) is 37.3 Å². The maximum atomic E-state index is 12.7. The van der Waals surface area contributed by atoms with Crippen LogP contribution in [0, 0.1) is 0 Å². The molecule has 3 rings (SSSR count). The number of anilines is 1. The van der Waals surface area contributed by atoms with Crippen molar-refractivity contribution in [1.82, 2.24) is 9.47 Å². The Hall–Kier alpha value is -3.41. The van der Waals surface area contributed by atoms with Crippen LogP contribution in [0.4, 0.5) is 5.69 Å². The molecule has 0 bridgehead atoms. The minimum atomic E-state index is -0.389. The quantitative estimate of drug-likeness (QED) is 0.743. The van der Waals surface area contributed by atoms with E-state index in [-0.39, 0.29) is 23.9 Å². The molecule has 0 atom stereocenters. The fraction of sp³-hybridized carbons (Fsp3) is 0.227. The van der Waals surface area contributed by atoms with E-state index >= 15 is 0 Å². The topological polar surface area (TPSA) is 71.4 Å². The SMILES string of the molecule is CCc1ccc(NC(=O)Cn2c(=O)cc(C(=O)N(C)C)c3ccccc32)cc1. The van der Waals surface area contributed by atoms with Crippen molar-refractivity contribution in [3.63, 3.8) is 0 Å². The third-order valence-electron chi connectivity index (χ3n) is 4.60. The normalized spacial score (nSPS) is 10.7. The van der Waals surface area contributed by atoms with Gasteiger partial charge in [0.1, 0.15) is 6.54 Å². The van der Waals surface area contributed by atoms with Crippen LogP contribution in [-0.2, 0) is 17.8 Å². The van der Waals surface area contributed by atoms with Gasteiger partial charge in [-0.25, -0.2) is 0 Å². The molecule has 0 radical (unpaired) electrons. The average Bonchev–Trinajstić information content (AvgIpc) is 2.69. The van der Waals surface area contributed by atoms with Gasteiger partial charge in [0, 0.05) is 31.2 Å². The van der Waals surface area contributed by atoms with Crippen molar-refractivity contribution in [3.8, 4) is 0 Å². The molecule has 0 aliphatic heterocycles. The van der Waals surface area contributed by atoms with Crippen LogP contribution in [0.15, 0.2) is 59.4 Å². The second-order valence-electron chi connectivity index (χ2n) is 6.80. The third kappa shape index (κ3) is 3.96. The lowest BCUT2D eigenvalue weighted by Gasteiger charge is -2.16. The van der Waals surface area contributed by atoms with Crippen molar-refractivity contribution in [2.75, 3.05) is 19.4 Å². The van der Waals surface area contributed by atoms with Crippen LogP contribution in [0.25, 0.3) is 10.9 Å². The monoisotopic (exact) mass is 377 g/mol. The molecule has 0 saturated heterocycles. The molecule has 6 nitrogen and oxygen atoms in total. The van der Waals surface area contributed by atoms with Gasteiger partial charge in [0.05, 0.1) is 11.1 Å². The first-order valence-electron chi connectivity index (χ1n) is 9.13. The number of hydrogen-bond donors (Lipinski definition) is 1. The number of amides is 2. The maximum Gasteiger partial charge on any atom is 0.254 e. The van der Waals surface area contributed by atoms with E-state index in [0.29, 0.717) is 22.2 Å². The number of aromatic nitrogens is 1. The molecule has 1 aromatic heterocycles. The Labute approximate surface area is 163 Å². The van der Waals surface area contributed by atoms with Crippen LogP contribution in [0.5, 0.6) is 0 Å². The lowest BCUT2D eigenvalue weighted by atomic mass is 10.1. The largest absolute Gasteiger partial charge is 0.345 e. The first-order valence-corrected chi connectivity index (χ1v) is 9.13. The Kier molecular flexibility index (Phi) is 5.59. The zero-order valence-electron chi connectivity index (χ0n) is 16.2. The molecular weight excluding hydrogens is 354 g/mol. The molecule has 1 heterocycles. The van der Waals surface area contributed by atoms with E-state index in [1.54, 1.807) is 38.4 Å². The minimum Gasteiger partial charge on any atom is -0.345 e. The Morgan fingerprint density at radius 1 is 1.04 bits per heavy atom. The van der Waals surface area contributed by atoms with Gasteiger partial charge in [0.25, 0.3) is 11.5 Å². The van der Waals surface area contributed by atoms with Crippen LogP contribution in [0.1, 0.15) is 22.8 Å². The molecule has 0 unspecified atom stereocenters. The number of benzene rings is 2. The highest BCUT2D eigenvalue weighted by atomic mass is 16.2. The van der Waals surface area contributed by atoms with E-state index in [9.17, 15) is 14.4 Å². The summed E-state index contributed by atoms with van der Waals surface area (Å²) in [6.45, 7) is 1.93. The molecular formula is C22H23N3O3. The zero-order chi connectivity index (χ0) is 20.3. The molecule has 144 valence electrons. The van der Waals surface area contributed by atoms with Gasteiger partial charge in [0.15, 0.2) is 0 Å². The highest BCUT2D eigenvalue weighted by molar-refractivity contribution is 6.06. The van der Waals surface area contributed by atoms with Gasteiger partial charge < -0.3 is 10.2 Å². The van der Waals surface area contributed by atoms with Crippen LogP contribution < -0.4 is 10.9 Å². The van der Waals surface area contributed by atoms with E-state index in [1.807, 2.05) is 24.3 Å². The Balaban J connectivity index is 1.93. The Morgan fingerprint density at radius 2 is 1.71 bits per heavy atom. The van der Waals surface area contributed by atoms with E-state index < -0.39 is 0 Å². The number of pyridine rings is 1. The zero-order valence-corrected chi connectivity index (χ0v) is 16.2. The fourth-order valence-electron chi connectivity index (χ4n) is 3.08. The summed E-state index contributed by atoms with van der Waals surface area (Å²) in [4.78, 5) is 39.0. The highest BCUT2D eigenvalue weighted by Crippen LogP contribution is 2.18. The van der Waals surface area contributed by atoms with Gasteiger partial charge in [-0.2, -0.15) is 0 Å². The predicted octanol–water partition coefficient (Wildman–Crippen LogP) is 2.90. The molecule has 0 saturated carbocycles. The summed E-state index contributed by atoms with van der Waals surface area (Å²) in [7, 11) is 3.28. The number of nitrogens with zero attached hydrogens (tertiary/aromatic N) is 2. The second kappa shape index (κ2) is 8.08. The van der Waals surface area contributed by atoms with E-state index in [2.05, 4.69) is 12.2 Å². The van der Waals surface area contributed by atoms with Crippen molar-refractivity contribution in [1.29, 1.82) is 0 Å². The standard InChI is InChI=1S/C22H23N3O3/c1-4-15-9-11-16(12-10-15)23-20(26)14-25-19-8-6-5-7-17(19)18(13-21(25)27)22(28)24(2)3/h5-13H,4,14H2,1-3H3,(H,23,26). The van der Waals surface area contributed by atoms with Gasteiger partial charge in [-0.15, -0.1) is 0 Å². The Morgan fingerprint density at radius 3 is 2.36 bits per heavy atom. The highest BCUT2D eigenvalue weighted by Gasteiger charge is 2.17. The summed E-state index contributed by atoms with van der Waals surface area (Å²) in [6, 6.07) is 16.0. The Bertz CT molecular complexity index is 1080. The lowest BCUT2D eigenvalue weighted by Crippen LogP contribution is -2.30. The molecule has 0 spiro atoms. The average molecular weight is 377 g/mol. The van der Waals surface area contributed by atoms with E-state index in [0.717, 1.165) is 6.42 Å². The number of hydrogen-bond acceptors (Lipinski definition) is 3. The minimum absolute atomic E-state index is 0.134. The third-order valence-corrected chi connectivity index (χ3v) is 4.60. The molecule has 0 aliphatic carbocycles. The van der Waals surface area contributed by atoms with Crippen LogP contribution in [0.2, 0.25) is 0 Å². The van der Waals surface area contributed by atoms with Crippen molar-refractivity contribution in [2.45, 2.75) is 19.9 Å². The summed E-state index contributed by atoms with van der Waals surface area (Å²) in [5, 5.41) is 3.46. The van der Waals surface area contributed by atoms with Gasteiger partial charge in [-0.3, -0.25) is 19.0 Å². The molecule has 0 fully saturated rings. The fourth-order valence-corrected chi connectivity index (χ4v) is 3.08. The summed E-state index contributed by atoms with van der Waals surface area (Å²) in [6.07, 6.45) is 0.924. The molecule has 28 heavy (non-hydrogen) atoms. The predicted molar refractivity (Wildman–Crippen MR) is 111 cm³/mol. The van der Waals surface area contributed by atoms with Crippen molar-refractivity contribution < 1.29 is 9.59 Å². The van der Waals surface area contributed by atoms with Crippen LogP contribution >= 0.6 is 0 Å². The first-order chi connectivity index (χ1) is 13.4.